The van der Waals surface area contributed by atoms with Gasteiger partial charge in [-0.2, -0.15) is 9.78 Å². The Morgan fingerprint density at radius 2 is 2.18 bits per heavy atom. The lowest BCUT2D eigenvalue weighted by Crippen LogP contribution is -2.34. The summed E-state index contributed by atoms with van der Waals surface area (Å²) in [6.45, 7) is 0.423. The number of benzene rings is 1. The molecule has 1 fully saturated rings. The predicted molar refractivity (Wildman–Crippen MR) is 120 cm³/mol. The predicted octanol–water partition coefficient (Wildman–Crippen LogP) is 1.77. The van der Waals surface area contributed by atoms with Crippen LogP contribution in [0.15, 0.2) is 34.0 Å². The van der Waals surface area contributed by atoms with Gasteiger partial charge in [0.15, 0.2) is 5.69 Å². The zero-order chi connectivity index (χ0) is 23.2. The standard InChI is InChI=1S/C21H27N9O3/c1-29(15-8-4-3-5-9-15)13-17-18(24-28-30(17)20-19(22)26-33-27-20)21(31)25-23-12-14-7-6-10-16(11-14)32-2/h6-7,10-12,15H,3-5,8-9,13H2,1-2H3,(H2,22,26)(H,25,31)/b23-12-. The van der Waals surface area contributed by atoms with Crippen LogP contribution in [-0.4, -0.2) is 62.5 Å². The van der Waals surface area contributed by atoms with Gasteiger partial charge in [0, 0.05) is 12.6 Å². The van der Waals surface area contributed by atoms with Gasteiger partial charge in [0.1, 0.15) is 5.75 Å². The van der Waals surface area contributed by atoms with E-state index in [1.807, 2.05) is 25.2 Å². The molecule has 3 aromatic rings. The fourth-order valence-corrected chi connectivity index (χ4v) is 3.96. The largest absolute Gasteiger partial charge is 0.497 e. The molecule has 4 rings (SSSR count). The normalized spacial score (nSPS) is 14.8. The van der Waals surface area contributed by atoms with E-state index in [9.17, 15) is 4.79 Å². The van der Waals surface area contributed by atoms with Crippen molar-refractivity contribution in [2.24, 2.45) is 5.10 Å². The first-order chi connectivity index (χ1) is 16.1. The Hall–Kier alpha value is -3.80. The minimum absolute atomic E-state index is 0.0597. The van der Waals surface area contributed by atoms with Gasteiger partial charge in [-0.15, -0.1) is 5.10 Å². The maximum atomic E-state index is 12.9. The molecule has 33 heavy (non-hydrogen) atoms. The third kappa shape index (κ3) is 5.17. The maximum Gasteiger partial charge on any atom is 0.293 e. The maximum absolute atomic E-state index is 12.9. The Morgan fingerprint density at radius 3 is 2.91 bits per heavy atom. The number of nitrogens with two attached hydrogens (primary N) is 1. The molecule has 2 heterocycles. The molecule has 1 aliphatic carbocycles. The number of hydrazone groups is 1. The van der Waals surface area contributed by atoms with Gasteiger partial charge in [0.25, 0.3) is 5.91 Å². The molecule has 0 unspecified atom stereocenters. The summed E-state index contributed by atoms with van der Waals surface area (Å²) in [5, 5.41) is 19.7. The zero-order valence-corrected chi connectivity index (χ0v) is 18.6. The van der Waals surface area contributed by atoms with Crippen molar-refractivity contribution in [3.8, 4) is 11.6 Å². The number of carbonyl (C=O) groups is 1. The van der Waals surface area contributed by atoms with E-state index < -0.39 is 5.91 Å². The van der Waals surface area contributed by atoms with Crippen LogP contribution < -0.4 is 15.9 Å². The molecule has 0 aliphatic heterocycles. The van der Waals surface area contributed by atoms with E-state index >= 15 is 0 Å². The molecule has 1 aliphatic rings. The molecular formula is C21H27N9O3. The number of ether oxygens (including phenoxy) is 1. The zero-order valence-electron chi connectivity index (χ0n) is 18.6. The lowest BCUT2D eigenvalue weighted by Gasteiger charge is -2.31. The van der Waals surface area contributed by atoms with Crippen LogP contribution in [0, 0.1) is 0 Å². The van der Waals surface area contributed by atoms with Crippen LogP contribution in [0.4, 0.5) is 5.82 Å². The molecule has 0 radical (unpaired) electrons. The van der Waals surface area contributed by atoms with Crippen molar-refractivity contribution in [1.82, 2.24) is 35.6 Å². The number of aromatic nitrogens is 5. The van der Waals surface area contributed by atoms with Gasteiger partial charge in [0.2, 0.25) is 11.6 Å². The second kappa shape index (κ2) is 10.2. The van der Waals surface area contributed by atoms with E-state index in [0.29, 0.717) is 24.0 Å². The lowest BCUT2D eigenvalue weighted by atomic mass is 9.94. The Labute approximate surface area is 190 Å². The molecule has 12 nitrogen and oxygen atoms in total. The molecule has 174 valence electrons. The summed E-state index contributed by atoms with van der Waals surface area (Å²) in [6, 6.07) is 7.73. The molecular weight excluding hydrogens is 426 g/mol. The van der Waals surface area contributed by atoms with E-state index in [-0.39, 0.29) is 17.3 Å². The van der Waals surface area contributed by atoms with E-state index in [0.717, 1.165) is 18.4 Å². The average molecular weight is 454 g/mol. The number of methoxy groups -OCH3 is 1. The average Bonchev–Trinajstić information content (AvgIpc) is 3.45. The summed E-state index contributed by atoms with van der Waals surface area (Å²) in [6.07, 6.45) is 7.39. The number of carbonyl (C=O) groups excluding carboxylic acids is 1. The van der Waals surface area contributed by atoms with Crippen molar-refractivity contribution in [1.29, 1.82) is 0 Å². The van der Waals surface area contributed by atoms with Crippen LogP contribution in [0.5, 0.6) is 5.75 Å². The fourth-order valence-electron chi connectivity index (χ4n) is 3.96. The number of hydrogen-bond donors (Lipinski definition) is 2. The van der Waals surface area contributed by atoms with Gasteiger partial charge in [-0.3, -0.25) is 9.69 Å². The SMILES string of the molecule is COc1cccc(/C=N\NC(=O)c2nnn(-c3nonc3N)c2CN(C)C2CCCCC2)c1. The second-order valence-corrected chi connectivity index (χ2v) is 7.95. The first-order valence-corrected chi connectivity index (χ1v) is 10.8. The number of nitrogen functional groups attached to an aromatic ring is 1. The smallest absolute Gasteiger partial charge is 0.293 e. The van der Waals surface area contributed by atoms with Crippen LogP contribution in [0.1, 0.15) is 53.8 Å². The highest BCUT2D eigenvalue weighted by atomic mass is 16.6. The van der Waals surface area contributed by atoms with Crippen molar-refractivity contribution in [2.45, 2.75) is 44.7 Å². The quantitative estimate of drug-likeness (QED) is 0.384. The molecule has 0 atom stereocenters. The monoisotopic (exact) mass is 453 g/mol. The second-order valence-electron chi connectivity index (χ2n) is 7.95. The number of nitrogens with zero attached hydrogens (tertiary/aromatic N) is 7. The van der Waals surface area contributed by atoms with Gasteiger partial charge < -0.3 is 10.5 Å². The van der Waals surface area contributed by atoms with Crippen LogP contribution in [0.2, 0.25) is 0 Å². The van der Waals surface area contributed by atoms with Crippen molar-refractivity contribution in [3.63, 3.8) is 0 Å². The number of amides is 1. The summed E-state index contributed by atoms with van der Waals surface area (Å²) < 4.78 is 11.3. The molecule has 0 bridgehead atoms. The van der Waals surface area contributed by atoms with E-state index in [4.69, 9.17) is 15.1 Å². The summed E-state index contributed by atoms with van der Waals surface area (Å²) in [5.41, 5.74) is 9.81. The van der Waals surface area contributed by atoms with E-state index in [1.165, 1.54) is 30.2 Å². The van der Waals surface area contributed by atoms with Gasteiger partial charge in [-0.25, -0.2) is 10.1 Å². The highest BCUT2D eigenvalue weighted by molar-refractivity contribution is 5.94. The molecule has 3 N–H and O–H groups in total. The van der Waals surface area contributed by atoms with Crippen LogP contribution in [0.25, 0.3) is 5.82 Å². The van der Waals surface area contributed by atoms with Crippen LogP contribution in [0.3, 0.4) is 0 Å². The highest BCUT2D eigenvalue weighted by Crippen LogP contribution is 2.24. The highest BCUT2D eigenvalue weighted by Gasteiger charge is 2.27. The summed E-state index contributed by atoms with van der Waals surface area (Å²) in [4.78, 5) is 15.1. The number of rotatable bonds is 8. The Kier molecular flexibility index (Phi) is 6.93. The molecule has 1 aromatic carbocycles. The van der Waals surface area contributed by atoms with E-state index in [2.05, 4.69) is 36.1 Å². The summed E-state index contributed by atoms with van der Waals surface area (Å²) >= 11 is 0. The van der Waals surface area contributed by atoms with E-state index in [1.54, 1.807) is 13.2 Å². The first kappa shape index (κ1) is 22.4. The number of anilines is 1. The van der Waals surface area contributed by atoms with Gasteiger partial charge in [0.05, 0.1) is 19.0 Å². The molecule has 2 aromatic heterocycles. The first-order valence-electron chi connectivity index (χ1n) is 10.8. The minimum Gasteiger partial charge on any atom is -0.497 e. The third-order valence-electron chi connectivity index (χ3n) is 5.75. The molecule has 1 saturated carbocycles. The fraction of sp³-hybridized carbons (Fsp3) is 0.429. The number of nitrogens with one attached hydrogen (secondary N) is 1. The van der Waals surface area contributed by atoms with Crippen molar-refractivity contribution < 1.29 is 14.2 Å². The Morgan fingerprint density at radius 1 is 1.36 bits per heavy atom. The lowest BCUT2D eigenvalue weighted by molar-refractivity contribution is 0.0947. The van der Waals surface area contributed by atoms with Crippen molar-refractivity contribution in [2.75, 3.05) is 19.9 Å². The summed E-state index contributed by atoms with van der Waals surface area (Å²) in [7, 11) is 3.62. The van der Waals surface area contributed by atoms with Crippen LogP contribution in [-0.2, 0) is 6.54 Å². The molecule has 1 amide bonds. The van der Waals surface area contributed by atoms with Crippen LogP contribution >= 0.6 is 0 Å². The van der Waals surface area contributed by atoms with Gasteiger partial charge in [-0.1, -0.05) is 36.6 Å². The van der Waals surface area contributed by atoms with Crippen molar-refractivity contribution in [3.05, 3.63) is 41.2 Å². The Balaban J connectivity index is 1.56. The number of hydrogen-bond acceptors (Lipinski definition) is 10. The Bertz CT molecular complexity index is 1120. The topological polar surface area (TPSA) is 150 Å². The minimum atomic E-state index is -0.498. The van der Waals surface area contributed by atoms with Gasteiger partial charge in [-0.05, 0) is 47.9 Å². The molecule has 0 saturated heterocycles. The van der Waals surface area contributed by atoms with Gasteiger partial charge >= 0.3 is 0 Å². The molecule has 0 spiro atoms. The third-order valence-corrected chi connectivity index (χ3v) is 5.75. The molecule has 12 heteroatoms. The van der Waals surface area contributed by atoms with Crippen molar-refractivity contribution >= 4 is 17.9 Å². The summed E-state index contributed by atoms with van der Waals surface area (Å²) in [5.74, 6) is 0.445.